The van der Waals surface area contributed by atoms with Crippen molar-refractivity contribution in [2.75, 3.05) is 33.4 Å². The minimum Gasteiger partial charge on any atom is -0.481 e. The maximum absolute atomic E-state index is 15.1. The number of fused-ring (bicyclic) bond motifs is 7. The molecule has 0 bridgehead atoms. The van der Waals surface area contributed by atoms with E-state index < -0.39 is 98.9 Å². The maximum Gasteiger partial charge on any atom is 0.310 e. The molecule has 8 aliphatic rings. The van der Waals surface area contributed by atoms with Gasteiger partial charge < -0.3 is 71.7 Å². The van der Waals surface area contributed by atoms with Crippen LogP contribution in [0.3, 0.4) is 0 Å². The molecule has 7 fully saturated rings. The average Bonchev–Trinajstić information content (AvgIpc) is 4.16. The Balaban J connectivity index is 1.22. The third-order valence-electron chi connectivity index (χ3n) is 23.7. The van der Waals surface area contributed by atoms with Crippen molar-refractivity contribution in [2.45, 2.75) is 206 Å². The van der Waals surface area contributed by atoms with E-state index in [1.165, 1.54) is 5.57 Å². The van der Waals surface area contributed by atoms with Gasteiger partial charge in [-0.05, 0) is 141 Å². The van der Waals surface area contributed by atoms with Crippen LogP contribution in [0.1, 0.15) is 162 Å². The highest BCUT2D eigenvalue weighted by Crippen LogP contribution is 2.79. The summed E-state index contributed by atoms with van der Waals surface area (Å²) in [5.41, 5.74) is 3.39. The molecule has 0 radical (unpaired) electrons. The molecule has 424 valence electrons. The fraction of sp³-hybridized carbons (Fsp3) is 0.879. The average molecular weight is 1050 g/mol. The number of aliphatic hydroxyl groups excluding tert-OH is 7. The van der Waals surface area contributed by atoms with Gasteiger partial charge in [0.05, 0.1) is 42.6 Å². The predicted molar refractivity (Wildman–Crippen MR) is 280 cm³/mol. The van der Waals surface area contributed by atoms with Crippen molar-refractivity contribution < 1.29 is 59.9 Å². The Kier molecular flexibility index (Phi) is 16.1. The number of carbonyl (C=O) groups is 2. The topological polar surface area (TPSA) is 293 Å². The molecule has 22 atom stereocenters. The molecule has 2 saturated heterocycles. The fourth-order valence-corrected chi connectivity index (χ4v) is 19.3. The zero-order chi connectivity index (χ0) is 54.3. The van der Waals surface area contributed by atoms with E-state index in [1.54, 1.807) is 12.5 Å². The van der Waals surface area contributed by atoms with Crippen LogP contribution in [0.15, 0.2) is 24.2 Å². The Hall–Kier alpha value is -2.55. The van der Waals surface area contributed by atoms with Crippen LogP contribution < -0.4 is 16.4 Å². The molecule has 22 unspecified atom stereocenters. The molecule has 75 heavy (non-hydrogen) atoms. The molecule has 17 nitrogen and oxygen atoms in total. The number of aromatic amines is 1. The lowest BCUT2D eigenvalue weighted by Crippen LogP contribution is -2.73. The van der Waals surface area contributed by atoms with E-state index >= 15 is 4.79 Å². The lowest BCUT2D eigenvalue weighted by molar-refractivity contribution is -0.341. The zero-order valence-electron chi connectivity index (χ0n) is 46.1. The molecule has 1 aromatic heterocycles. The first-order chi connectivity index (χ1) is 35.5. The number of amides is 1. The summed E-state index contributed by atoms with van der Waals surface area (Å²) in [5, 5.41) is 98.8. The van der Waals surface area contributed by atoms with Crippen molar-refractivity contribution in [2.24, 2.45) is 85.1 Å². The summed E-state index contributed by atoms with van der Waals surface area (Å²) in [6, 6.07) is -0.461. The summed E-state index contributed by atoms with van der Waals surface area (Å²) in [6.07, 6.45) is 8.36. The fourth-order valence-electron chi connectivity index (χ4n) is 19.3. The smallest absolute Gasteiger partial charge is 0.310 e. The van der Waals surface area contributed by atoms with Crippen LogP contribution in [0.25, 0.3) is 0 Å². The van der Waals surface area contributed by atoms with E-state index in [0.717, 1.165) is 50.6 Å². The van der Waals surface area contributed by atoms with Gasteiger partial charge in [0.15, 0.2) is 6.29 Å². The van der Waals surface area contributed by atoms with E-state index in [4.69, 9.17) is 15.2 Å². The third kappa shape index (κ3) is 8.84. The summed E-state index contributed by atoms with van der Waals surface area (Å²) in [5.74, 6) is -3.02. The minimum absolute atomic E-state index is 0.0149. The van der Waals surface area contributed by atoms with Crippen molar-refractivity contribution in [1.29, 1.82) is 0 Å². The number of hydrogen-bond acceptors (Lipinski definition) is 14. The lowest BCUT2D eigenvalue weighted by atomic mass is 9.30. The van der Waals surface area contributed by atoms with Gasteiger partial charge in [-0.3, -0.25) is 9.59 Å². The number of unbranched alkanes of at least 4 members (excludes halogenated alkanes) is 2. The number of allylic oxidation sites excluding steroid dienone is 2. The third-order valence-corrected chi connectivity index (χ3v) is 23.7. The molecule has 1 spiro atoms. The van der Waals surface area contributed by atoms with Gasteiger partial charge in [-0.25, -0.2) is 4.98 Å². The Labute approximate surface area is 445 Å². The SMILES string of the molecule is CCCCCC1CC2(C(=O)O)CCC(C)(CO)CC2C2=CCC3C4(C)C(CC5C(C(CC(CNC)C(N)O)c6cnc[nH]6)NC(=O)C56CCCC6)C(O)C(OC5OCC(O)C(O)C5O)C(C)(CO)C4CCC3(C)C21C. The van der Waals surface area contributed by atoms with E-state index in [2.05, 4.69) is 61.3 Å². The zero-order valence-corrected chi connectivity index (χ0v) is 46.1. The summed E-state index contributed by atoms with van der Waals surface area (Å²) in [7, 11) is 1.82. The van der Waals surface area contributed by atoms with E-state index in [-0.39, 0.29) is 67.2 Å². The molecule has 13 N–H and O–H groups in total. The predicted octanol–water partition coefficient (Wildman–Crippen LogP) is 4.72. The molecule has 0 aromatic carbocycles. The largest absolute Gasteiger partial charge is 0.481 e. The molecular weight excluding hydrogens is 959 g/mol. The maximum atomic E-state index is 15.1. The molecule has 9 rings (SSSR count). The van der Waals surface area contributed by atoms with Crippen molar-refractivity contribution >= 4 is 11.9 Å². The van der Waals surface area contributed by atoms with Gasteiger partial charge >= 0.3 is 5.97 Å². The van der Waals surface area contributed by atoms with E-state index in [1.807, 2.05) is 14.0 Å². The molecular formula is C58H95N5O12. The van der Waals surface area contributed by atoms with Crippen LogP contribution in [0, 0.1) is 79.3 Å². The van der Waals surface area contributed by atoms with Crippen LogP contribution >= 0.6 is 0 Å². The number of H-pyrrole nitrogens is 1. The highest BCUT2D eigenvalue weighted by molar-refractivity contribution is 5.86. The van der Waals surface area contributed by atoms with Crippen molar-refractivity contribution in [3.63, 3.8) is 0 Å². The number of carboxylic acids is 1. The summed E-state index contributed by atoms with van der Waals surface area (Å²) in [6.45, 7) is 13.2. The first-order valence-electron chi connectivity index (χ1n) is 29.0. The normalized spacial score (nSPS) is 46.4. The molecule has 3 heterocycles. The molecule has 5 saturated carbocycles. The van der Waals surface area contributed by atoms with Crippen molar-refractivity contribution in [3.05, 3.63) is 29.9 Å². The number of nitrogens with two attached hydrogens (primary N) is 1. The second-order valence-corrected chi connectivity index (χ2v) is 27.0. The number of nitrogens with zero attached hydrogens (tertiary/aromatic N) is 1. The van der Waals surface area contributed by atoms with Gasteiger partial charge in [-0.2, -0.15) is 0 Å². The number of rotatable bonds is 18. The highest BCUT2D eigenvalue weighted by Gasteiger charge is 2.75. The molecule has 2 aliphatic heterocycles. The molecule has 1 aromatic rings. The first kappa shape index (κ1) is 57.1. The molecule has 6 aliphatic carbocycles. The monoisotopic (exact) mass is 1050 g/mol. The summed E-state index contributed by atoms with van der Waals surface area (Å²) in [4.78, 5) is 36.9. The second kappa shape index (κ2) is 21.2. The number of aliphatic hydroxyl groups is 7. The number of carboxylic acid groups (broad SMARTS) is 1. The highest BCUT2D eigenvalue weighted by atomic mass is 16.7. The number of ether oxygens (including phenoxy) is 2. The Morgan fingerprint density at radius 3 is 2.32 bits per heavy atom. The van der Waals surface area contributed by atoms with Crippen LogP contribution in [0.5, 0.6) is 0 Å². The van der Waals surface area contributed by atoms with Crippen LogP contribution in [-0.4, -0.2) is 145 Å². The first-order valence-corrected chi connectivity index (χ1v) is 29.0. The number of aliphatic carboxylic acids is 1. The van der Waals surface area contributed by atoms with Gasteiger partial charge in [-0.15, -0.1) is 0 Å². The quantitative estimate of drug-likeness (QED) is 0.0410. The number of nitrogens with one attached hydrogen (secondary N) is 3. The Bertz CT molecular complexity index is 2210. The molecule has 17 heteroatoms. The van der Waals surface area contributed by atoms with Crippen LogP contribution in [0.2, 0.25) is 0 Å². The van der Waals surface area contributed by atoms with Crippen LogP contribution in [0.4, 0.5) is 0 Å². The Morgan fingerprint density at radius 1 is 0.960 bits per heavy atom. The number of imidazole rings is 1. The van der Waals surface area contributed by atoms with Crippen LogP contribution in [-0.2, 0) is 19.1 Å². The van der Waals surface area contributed by atoms with E-state index in [9.17, 15) is 45.6 Å². The van der Waals surface area contributed by atoms with Crippen molar-refractivity contribution in [3.8, 4) is 0 Å². The minimum atomic E-state index is -1.64. The lowest BCUT2D eigenvalue weighted by Gasteiger charge is -2.75. The van der Waals surface area contributed by atoms with Gasteiger partial charge in [0, 0.05) is 48.3 Å². The van der Waals surface area contributed by atoms with Gasteiger partial charge in [0.25, 0.3) is 0 Å². The van der Waals surface area contributed by atoms with Gasteiger partial charge in [0.2, 0.25) is 5.91 Å². The Morgan fingerprint density at radius 2 is 1.69 bits per heavy atom. The van der Waals surface area contributed by atoms with E-state index in [0.29, 0.717) is 70.8 Å². The molecule has 1 amide bonds. The van der Waals surface area contributed by atoms with Gasteiger partial charge in [-0.1, -0.05) is 85.3 Å². The number of carbonyl (C=O) groups excluding carboxylic acids is 1. The summed E-state index contributed by atoms with van der Waals surface area (Å²) < 4.78 is 12.7. The van der Waals surface area contributed by atoms with Crippen molar-refractivity contribution in [1.82, 2.24) is 20.6 Å². The number of hydrogen-bond donors (Lipinski definition) is 12. The van der Waals surface area contributed by atoms with Gasteiger partial charge in [0.1, 0.15) is 24.5 Å². The standard InChI is InChI=1S/C58H95N5O12/c1-8-9-10-13-33-24-58(51(72)73)21-20-52(2,29-64)25-38(58)35-14-15-42-54(4,56(33,35)6)19-16-41-53(3,30-65)47(75-49-46(69)45(68)40(66)28-74-49)44(67)37(55(41,42)5)23-36-43(63-50(71)57(36)17-11-12-18-57)34(39-27-61-31-62-39)22-32(26-60-7)48(59)70/h14,27,31-34,36-38,40-49,60,64-70H,8-13,15-26,28-30,59H2,1-7H3,(H,61,62)(H,63,71)(H,72,73). The number of aromatic nitrogens is 2. The second-order valence-electron chi connectivity index (χ2n) is 27.0. The summed E-state index contributed by atoms with van der Waals surface area (Å²) >= 11 is 0.